The number of hydrogen-bond donors (Lipinski definition) is 1. The summed E-state index contributed by atoms with van der Waals surface area (Å²) in [4.78, 5) is 14.1. The van der Waals surface area contributed by atoms with Crippen LogP contribution in [0.2, 0.25) is 0 Å². The van der Waals surface area contributed by atoms with E-state index in [1.54, 1.807) is 12.1 Å². The van der Waals surface area contributed by atoms with Crippen LogP contribution in [0.1, 0.15) is 19.8 Å². The number of hydrogen-bond acceptors (Lipinski definition) is 2. The summed E-state index contributed by atoms with van der Waals surface area (Å²) in [5.74, 6) is 0.108. The Morgan fingerprint density at radius 2 is 2.20 bits per heavy atom. The van der Waals surface area contributed by atoms with Gasteiger partial charge in [0, 0.05) is 31.3 Å². The lowest BCUT2D eigenvalue weighted by atomic mass is 10.1. The first-order valence-electron chi connectivity index (χ1n) is 7.08. The minimum Gasteiger partial charge on any atom is -0.381 e. The monoisotopic (exact) mass is 280 g/mol. The molecule has 1 unspecified atom stereocenters. The van der Waals surface area contributed by atoms with E-state index in [1.165, 1.54) is 12.1 Å². The molecular weight excluding hydrogens is 259 g/mol. The zero-order valence-electron chi connectivity index (χ0n) is 11.8. The Kier molecular flexibility index (Phi) is 5.35. The molecule has 5 heteroatoms. The van der Waals surface area contributed by atoms with Gasteiger partial charge in [0.2, 0.25) is 0 Å². The number of halogens is 1. The Hall–Kier alpha value is -1.62. The second kappa shape index (κ2) is 7.24. The van der Waals surface area contributed by atoms with Crippen molar-refractivity contribution in [1.29, 1.82) is 0 Å². The lowest BCUT2D eigenvalue weighted by molar-refractivity contribution is 0.169. The minimum atomic E-state index is -0.309. The second-order valence-electron chi connectivity index (χ2n) is 5.11. The van der Waals surface area contributed by atoms with Crippen LogP contribution < -0.4 is 5.32 Å². The van der Waals surface area contributed by atoms with E-state index in [9.17, 15) is 9.18 Å². The van der Waals surface area contributed by atoms with Crippen LogP contribution in [0.4, 0.5) is 14.9 Å². The maximum Gasteiger partial charge on any atom is 0.321 e. The van der Waals surface area contributed by atoms with Gasteiger partial charge in [-0.25, -0.2) is 9.18 Å². The van der Waals surface area contributed by atoms with Crippen LogP contribution >= 0.6 is 0 Å². The van der Waals surface area contributed by atoms with Crippen molar-refractivity contribution in [2.45, 2.75) is 19.8 Å². The van der Waals surface area contributed by atoms with Crippen LogP contribution in [-0.4, -0.2) is 37.2 Å². The van der Waals surface area contributed by atoms with E-state index in [0.29, 0.717) is 24.7 Å². The fraction of sp³-hybridized carbons (Fsp3) is 0.533. The van der Waals surface area contributed by atoms with Gasteiger partial charge in [-0.2, -0.15) is 0 Å². The number of nitrogens with one attached hydrogen (secondary N) is 1. The molecule has 0 aromatic heterocycles. The first kappa shape index (κ1) is 14.8. The van der Waals surface area contributed by atoms with E-state index in [2.05, 4.69) is 5.32 Å². The summed E-state index contributed by atoms with van der Waals surface area (Å²) >= 11 is 0. The molecule has 20 heavy (non-hydrogen) atoms. The van der Waals surface area contributed by atoms with Crippen LogP contribution in [-0.2, 0) is 4.74 Å². The molecule has 0 aliphatic carbocycles. The van der Waals surface area contributed by atoms with Gasteiger partial charge in [0.25, 0.3) is 0 Å². The second-order valence-corrected chi connectivity index (χ2v) is 5.11. The quantitative estimate of drug-likeness (QED) is 0.900. The highest BCUT2D eigenvalue weighted by Gasteiger charge is 2.22. The Balaban J connectivity index is 1.93. The fourth-order valence-electron chi connectivity index (χ4n) is 2.32. The summed E-state index contributed by atoms with van der Waals surface area (Å²) < 4.78 is 18.2. The molecule has 0 radical (unpaired) electrons. The van der Waals surface area contributed by atoms with Crippen LogP contribution in [0.3, 0.4) is 0 Å². The zero-order chi connectivity index (χ0) is 14.4. The molecule has 1 atom stereocenters. The van der Waals surface area contributed by atoms with Gasteiger partial charge >= 0.3 is 6.03 Å². The predicted molar refractivity (Wildman–Crippen MR) is 76.2 cm³/mol. The number of anilines is 1. The third-order valence-corrected chi connectivity index (χ3v) is 3.38. The lowest BCUT2D eigenvalue weighted by Gasteiger charge is -2.25. The molecule has 2 amide bonds. The molecule has 0 spiro atoms. The molecule has 1 aromatic rings. The van der Waals surface area contributed by atoms with Crippen LogP contribution in [0, 0.1) is 11.7 Å². The van der Waals surface area contributed by atoms with Crippen molar-refractivity contribution in [3.05, 3.63) is 30.1 Å². The van der Waals surface area contributed by atoms with E-state index in [-0.39, 0.29) is 11.8 Å². The van der Waals surface area contributed by atoms with E-state index in [4.69, 9.17) is 4.74 Å². The molecule has 1 N–H and O–H groups in total. The number of carbonyl (C=O) groups is 1. The van der Waals surface area contributed by atoms with Crippen LogP contribution in [0.5, 0.6) is 0 Å². The molecule has 1 saturated heterocycles. The van der Waals surface area contributed by atoms with E-state index in [0.717, 1.165) is 26.1 Å². The summed E-state index contributed by atoms with van der Waals surface area (Å²) in [5.41, 5.74) is 0.611. The van der Waals surface area contributed by atoms with Gasteiger partial charge in [0.15, 0.2) is 0 Å². The summed E-state index contributed by atoms with van der Waals surface area (Å²) in [6.45, 7) is 4.97. The minimum absolute atomic E-state index is 0.134. The maximum atomic E-state index is 12.8. The topological polar surface area (TPSA) is 41.6 Å². The predicted octanol–water partition coefficient (Wildman–Crippen LogP) is 3.11. The summed E-state index contributed by atoms with van der Waals surface area (Å²) in [7, 11) is 0. The third kappa shape index (κ3) is 4.20. The van der Waals surface area contributed by atoms with E-state index >= 15 is 0 Å². The van der Waals surface area contributed by atoms with E-state index in [1.807, 2.05) is 11.8 Å². The molecule has 110 valence electrons. The van der Waals surface area contributed by atoms with Gasteiger partial charge in [0.1, 0.15) is 5.82 Å². The van der Waals surface area contributed by atoms with Crippen molar-refractivity contribution < 1.29 is 13.9 Å². The molecule has 0 saturated carbocycles. The van der Waals surface area contributed by atoms with Gasteiger partial charge in [-0.15, -0.1) is 0 Å². The fourth-order valence-corrected chi connectivity index (χ4v) is 2.32. The molecular formula is C15H21FN2O2. The number of nitrogens with zero attached hydrogens (tertiary/aromatic N) is 1. The Morgan fingerprint density at radius 3 is 2.80 bits per heavy atom. The van der Waals surface area contributed by atoms with Gasteiger partial charge in [-0.3, -0.25) is 0 Å². The number of ether oxygens (including phenoxy) is 1. The SMILES string of the molecule is CCCN(CC1CCOC1)C(=O)Nc1ccc(F)cc1. The molecule has 1 aliphatic rings. The number of benzene rings is 1. The van der Waals surface area contributed by atoms with Gasteiger partial charge in [-0.1, -0.05) is 6.92 Å². The Labute approximate surface area is 118 Å². The normalized spacial score (nSPS) is 18.0. The zero-order valence-corrected chi connectivity index (χ0v) is 11.8. The van der Waals surface area contributed by atoms with Crippen molar-refractivity contribution >= 4 is 11.7 Å². The smallest absolute Gasteiger partial charge is 0.321 e. The maximum absolute atomic E-state index is 12.8. The highest BCUT2D eigenvalue weighted by molar-refractivity contribution is 5.89. The first-order chi connectivity index (χ1) is 9.69. The van der Waals surface area contributed by atoms with Crippen LogP contribution in [0.25, 0.3) is 0 Å². The molecule has 1 fully saturated rings. The summed E-state index contributed by atoms with van der Waals surface area (Å²) in [6, 6.07) is 5.67. The number of amides is 2. The number of carbonyl (C=O) groups excluding carboxylic acids is 1. The molecule has 0 bridgehead atoms. The van der Waals surface area contributed by atoms with Gasteiger partial charge < -0.3 is 15.0 Å². The van der Waals surface area contributed by atoms with E-state index < -0.39 is 0 Å². The Bertz CT molecular complexity index is 430. The highest BCUT2D eigenvalue weighted by atomic mass is 19.1. The molecule has 4 nitrogen and oxygen atoms in total. The molecule has 1 heterocycles. The summed E-state index contributed by atoms with van der Waals surface area (Å²) in [6.07, 6.45) is 1.91. The average Bonchev–Trinajstić information content (AvgIpc) is 2.94. The van der Waals surface area contributed by atoms with Gasteiger partial charge in [-0.05, 0) is 37.1 Å². The van der Waals surface area contributed by atoms with Crippen molar-refractivity contribution in [3.63, 3.8) is 0 Å². The van der Waals surface area contributed by atoms with Gasteiger partial charge in [0.05, 0.1) is 6.61 Å². The largest absolute Gasteiger partial charge is 0.381 e. The molecule has 1 aliphatic heterocycles. The van der Waals surface area contributed by atoms with Crippen molar-refractivity contribution in [3.8, 4) is 0 Å². The Morgan fingerprint density at radius 1 is 1.45 bits per heavy atom. The highest BCUT2D eigenvalue weighted by Crippen LogP contribution is 2.15. The standard InChI is InChI=1S/C15H21FN2O2/c1-2-8-18(10-12-7-9-20-11-12)15(19)17-14-5-3-13(16)4-6-14/h3-6,12H,2,7-11H2,1H3,(H,17,19). The van der Waals surface area contributed by atoms with Crippen molar-refractivity contribution in [1.82, 2.24) is 4.90 Å². The van der Waals surface area contributed by atoms with Crippen molar-refractivity contribution in [2.75, 3.05) is 31.6 Å². The number of urea groups is 1. The molecule has 2 rings (SSSR count). The third-order valence-electron chi connectivity index (χ3n) is 3.38. The average molecular weight is 280 g/mol. The first-order valence-corrected chi connectivity index (χ1v) is 7.08. The number of rotatable bonds is 5. The summed E-state index contributed by atoms with van der Waals surface area (Å²) in [5, 5.41) is 2.81. The molecule has 1 aromatic carbocycles. The van der Waals surface area contributed by atoms with Crippen LogP contribution in [0.15, 0.2) is 24.3 Å². The van der Waals surface area contributed by atoms with Crippen molar-refractivity contribution in [2.24, 2.45) is 5.92 Å². The lowest BCUT2D eigenvalue weighted by Crippen LogP contribution is -2.39.